The number of carbonyl (C=O) groups excluding carboxylic acids is 1. The smallest absolute Gasteiger partial charge is 0.254 e. The minimum Gasteiger partial charge on any atom is -0.469 e. The molecular formula is C17H22N2O2. The van der Waals surface area contributed by atoms with Gasteiger partial charge in [0.1, 0.15) is 5.76 Å². The second kappa shape index (κ2) is 6.97. The molecule has 0 aliphatic carbocycles. The summed E-state index contributed by atoms with van der Waals surface area (Å²) >= 11 is 0. The molecule has 0 atom stereocenters. The van der Waals surface area contributed by atoms with E-state index in [-0.39, 0.29) is 5.91 Å². The largest absolute Gasteiger partial charge is 0.469 e. The molecule has 0 aliphatic heterocycles. The highest BCUT2D eigenvalue weighted by Gasteiger charge is 2.11. The Morgan fingerprint density at radius 2 is 2.10 bits per heavy atom. The zero-order valence-corrected chi connectivity index (χ0v) is 12.8. The summed E-state index contributed by atoms with van der Waals surface area (Å²) < 4.78 is 5.15. The van der Waals surface area contributed by atoms with Crippen molar-refractivity contribution < 1.29 is 9.21 Å². The fourth-order valence-electron chi connectivity index (χ4n) is 2.31. The number of carbonyl (C=O) groups is 1. The Morgan fingerprint density at radius 3 is 2.71 bits per heavy atom. The molecule has 1 N–H and O–H groups in total. The Labute approximate surface area is 125 Å². The normalized spacial score (nSPS) is 10.4. The molecule has 2 aromatic rings. The van der Waals surface area contributed by atoms with E-state index in [4.69, 9.17) is 4.42 Å². The van der Waals surface area contributed by atoms with Crippen LogP contribution in [0.15, 0.2) is 41.0 Å². The molecule has 0 bridgehead atoms. The molecule has 1 amide bonds. The number of hydrogen-bond acceptors (Lipinski definition) is 3. The zero-order chi connectivity index (χ0) is 15.2. The Balaban J connectivity index is 1.89. The summed E-state index contributed by atoms with van der Waals surface area (Å²) in [5, 5.41) is 2.93. The number of benzene rings is 1. The molecule has 0 saturated carbocycles. The van der Waals surface area contributed by atoms with E-state index < -0.39 is 0 Å². The maximum absolute atomic E-state index is 12.0. The predicted molar refractivity (Wildman–Crippen MR) is 84.8 cm³/mol. The van der Waals surface area contributed by atoms with E-state index >= 15 is 0 Å². The van der Waals surface area contributed by atoms with Crippen LogP contribution in [0.1, 0.15) is 28.6 Å². The standard InChI is InChI=1S/C17H22N2O2/c1-4-19(15-7-5-6-13(2)12-15)10-9-18-17(20)16-8-11-21-14(16)3/h5-8,11-12H,4,9-10H2,1-3H3,(H,18,20). The van der Waals surface area contributed by atoms with Gasteiger partial charge in [-0.1, -0.05) is 12.1 Å². The lowest BCUT2D eigenvalue weighted by Gasteiger charge is -2.23. The molecule has 1 aromatic heterocycles. The highest BCUT2D eigenvalue weighted by molar-refractivity contribution is 5.95. The van der Waals surface area contributed by atoms with Gasteiger partial charge in [-0.25, -0.2) is 0 Å². The number of nitrogens with zero attached hydrogens (tertiary/aromatic N) is 1. The number of furan rings is 1. The van der Waals surface area contributed by atoms with Gasteiger partial charge in [-0.2, -0.15) is 0 Å². The van der Waals surface area contributed by atoms with Crippen molar-refractivity contribution in [3.63, 3.8) is 0 Å². The lowest BCUT2D eigenvalue weighted by molar-refractivity contribution is 0.0953. The van der Waals surface area contributed by atoms with E-state index in [0.717, 1.165) is 13.1 Å². The Kier molecular flexibility index (Phi) is 5.04. The average Bonchev–Trinajstić information content (AvgIpc) is 2.89. The molecule has 1 aromatic carbocycles. The van der Waals surface area contributed by atoms with Gasteiger partial charge in [-0.15, -0.1) is 0 Å². The number of likely N-dealkylation sites (N-methyl/N-ethyl adjacent to an activating group) is 1. The monoisotopic (exact) mass is 286 g/mol. The van der Waals surface area contributed by atoms with Crippen LogP contribution in [-0.2, 0) is 0 Å². The maximum Gasteiger partial charge on any atom is 0.254 e. The van der Waals surface area contributed by atoms with Crippen molar-refractivity contribution in [1.29, 1.82) is 0 Å². The molecule has 0 fully saturated rings. The predicted octanol–water partition coefficient (Wildman–Crippen LogP) is 3.15. The van der Waals surface area contributed by atoms with Crippen LogP contribution >= 0.6 is 0 Å². The van der Waals surface area contributed by atoms with Gasteiger partial charge in [0, 0.05) is 25.3 Å². The van der Waals surface area contributed by atoms with Gasteiger partial charge >= 0.3 is 0 Å². The lowest BCUT2D eigenvalue weighted by Crippen LogP contribution is -2.35. The quantitative estimate of drug-likeness (QED) is 0.887. The number of rotatable bonds is 6. The van der Waals surface area contributed by atoms with Crippen molar-refractivity contribution >= 4 is 11.6 Å². The molecule has 4 nitrogen and oxygen atoms in total. The van der Waals surface area contributed by atoms with Gasteiger partial charge in [-0.3, -0.25) is 4.79 Å². The minimum absolute atomic E-state index is 0.0819. The second-order valence-corrected chi connectivity index (χ2v) is 5.07. The number of aryl methyl sites for hydroxylation is 2. The third-order valence-corrected chi connectivity index (χ3v) is 3.52. The van der Waals surface area contributed by atoms with Gasteiger partial charge in [0.25, 0.3) is 5.91 Å². The van der Waals surface area contributed by atoms with Crippen LogP contribution in [0.25, 0.3) is 0 Å². The van der Waals surface area contributed by atoms with Crippen LogP contribution in [0.3, 0.4) is 0 Å². The number of anilines is 1. The van der Waals surface area contributed by atoms with Crippen molar-refractivity contribution in [1.82, 2.24) is 5.32 Å². The summed E-state index contributed by atoms with van der Waals surface area (Å²) in [6.07, 6.45) is 1.54. The van der Waals surface area contributed by atoms with Gasteiger partial charge < -0.3 is 14.6 Å². The molecular weight excluding hydrogens is 264 g/mol. The van der Waals surface area contributed by atoms with Crippen molar-refractivity contribution in [2.24, 2.45) is 0 Å². The first-order valence-electron chi connectivity index (χ1n) is 7.25. The molecule has 1 heterocycles. The average molecular weight is 286 g/mol. The van der Waals surface area contributed by atoms with E-state index in [1.165, 1.54) is 17.5 Å². The Bertz CT molecular complexity index is 604. The molecule has 0 saturated heterocycles. The van der Waals surface area contributed by atoms with Crippen molar-refractivity contribution in [2.75, 3.05) is 24.5 Å². The summed E-state index contributed by atoms with van der Waals surface area (Å²) in [6.45, 7) is 8.28. The van der Waals surface area contributed by atoms with Gasteiger partial charge in [0.2, 0.25) is 0 Å². The van der Waals surface area contributed by atoms with Crippen LogP contribution in [0.2, 0.25) is 0 Å². The number of nitrogens with one attached hydrogen (secondary N) is 1. The summed E-state index contributed by atoms with van der Waals surface area (Å²) in [5.74, 6) is 0.570. The first-order chi connectivity index (χ1) is 10.1. The van der Waals surface area contributed by atoms with Crippen molar-refractivity contribution in [2.45, 2.75) is 20.8 Å². The SMILES string of the molecule is CCN(CCNC(=O)c1ccoc1C)c1cccc(C)c1. The highest BCUT2D eigenvalue weighted by atomic mass is 16.3. The molecule has 0 spiro atoms. The third kappa shape index (κ3) is 3.88. The third-order valence-electron chi connectivity index (χ3n) is 3.52. The topological polar surface area (TPSA) is 45.5 Å². The molecule has 2 rings (SSSR count). The lowest BCUT2D eigenvalue weighted by atomic mass is 10.2. The van der Waals surface area contributed by atoms with Gasteiger partial charge in [0.05, 0.1) is 11.8 Å². The van der Waals surface area contributed by atoms with Crippen LogP contribution in [0, 0.1) is 13.8 Å². The Hall–Kier alpha value is -2.23. The first-order valence-corrected chi connectivity index (χ1v) is 7.25. The number of hydrogen-bond donors (Lipinski definition) is 1. The summed E-state index contributed by atoms with van der Waals surface area (Å²) in [4.78, 5) is 14.2. The van der Waals surface area contributed by atoms with Crippen LogP contribution in [0.5, 0.6) is 0 Å². The van der Waals surface area contributed by atoms with Crippen LogP contribution in [0.4, 0.5) is 5.69 Å². The number of amides is 1. The van der Waals surface area contributed by atoms with E-state index in [1.54, 1.807) is 13.0 Å². The van der Waals surface area contributed by atoms with Crippen LogP contribution in [-0.4, -0.2) is 25.5 Å². The van der Waals surface area contributed by atoms with E-state index in [2.05, 4.69) is 48.3 Å². The maximum atomic E-state index is 12.0. The molecule has 112 valence electrons. The summed E-state index contributed by atoms with van der Waals surface area (Å²) in [7, 11) is 0. The summed E-state index contributed by atoms with van der Waals surface area (Å²) in [6, 6.07) is 10.1. The van der Waals surface area contributed by atoms with E-state index in [1.807, 2.05) is 0 Å². The zero-order valence-electron chi connectivity index (χ0n) is 12.8. The highest BCUT2D eigenvalue weighted by Crippen LogP contribution is 2.15. The van der Waals surface area contributed by atoms with E-state index in [9.17, 15) is 4.79 Å². The molecule has 0 aliphatic rings. The fraction of sp³-hybridized carbons (Fsp3) is 0.353. The van der Waals surface area contributed by atoms with Gasteiger partial charge in [0.15, 0.2) is 0 Å². The molecule has 0 radical (unpaired) electrons. The first kappa shape index (κ1) is 15.2. The van der Waals surface area contributed by atoms with E-state index in [0.29, 0.717) is 17.9 Å². The minimum atomic E-state index is -0.0819. The fourth-order valence-corrected chi connectivity index (χ4v) is 2.31. The van der Waals surface area contributed by atoms with Crippen molar-refractivity contribution in [3.05, 3.63) is 53.5 Å². The molecule has 0 unspecified atom stereocenters. The molecule has 21 heavy (non-hydrogen) atoms. The molecule has 4 heteroatoms. The van der Waals surface area contributed by atoms with Crippen molar-refractivity contribution in [3.8, 4) is 0 Å². The second-order valence-electron chi connectivity index (χ2n) is 5.07. The van der Waals surface area contributed by atoms with Gasteiger partial charge in [-0.05, 0) is 44.5 Å². The summed E-state index contributed by atoms with van der Waals surface area (Å²) in [5.41, 5.74) is 3.03. The Morgan fingerprint density at radius 1 is 1.29 bits per heavy atom. The van der Waals surface area contributed by atoms with Crippen LogP contribution < -0.4 is 10.2 Å².